The van der Waals surface area contributed by atoms with E-state index in [1.807, 2.05) is 32.9 Å². The van der Waals surface area contributed by atoms with Gasteiger partial charge in [-0.15, -0.1) is 0 Å². The van der Waals surface area contributed by atoms with E-state index in [1.165, 1.54) is 16.9 Å². The Balaban J connectivity index is 2.20. The van der Waals surface area contributed by atoms with Crippen LogP contribution in [-0.4, -0.2) is 15.7 Å². The second-order valence-corrected chi connectivity index (χ2v) is 6.64. The molecule has 0 fully saturated rings. The summed E-state index contributed by atoms with van der Waals surface area (Å²) in [4.78, 5) is 16.1. The van der Waals surface area contributed by atoms with Crippen molar-refractivity contribution in [3.05, 3.63) is 23.8 Å². The van der Waals surface area contributed by atoms with Crippen LogP contribution in [0.4, 0.5) is 5.13 Å². The van der Waals surface area contributed by atoms with E-state index in [-0.39, 0.29) is 16.7 Å². The molecule has 96 valence electrons. The van der Waals surface area contributed by atoms with Crippen molar-refractivity contribution in [2.45, 2.75) is 25.6 Å². The van der Waals surface area contributed by atoms with Gasteiger partial charge in [0.1, 0.15) is 0 Å². The molecule has 1 N–H and O–H groups in total. The number of rotatable bonds is 3. The zero-order valence-corrected chi connectivity index (χ0v) is 12.9. The van der Waals surface area contributed by atoms with Crippen LogP contribution in [0, 0.1) is 12.8 Å². The molecule has 1 aromatic heterocycles. The van der Waals surface area contributed by atoms with E-state index in [1.54, 1.807) is 0 Å². The van der Waals surface area contributed by atoms with Crippen LogP contribution in [0.1, 0.15) is 19.4 Å². The zero-order valence-electron chi connectivity index (χ0n) is 10.5. The molecule has 1 heterocycles. The normalized spacial score (nSPS) is 12.9. The molecule has 0 saturated carbocycles. The van der Waals surface area contributed by atoms with Crippen LogP contribution in [0.3, 0.4) is 0 Å². The number of hydrogen-bond donors (Lipinski definition) is 1. The number of anilines is 1. The van der Waals surface area contributed by atoms with Gasteiger partial charge < -0.3 is 5.32 Å². The van der Waals surface area contributed by atoms with Crippen molar-refractivity contribution < 1.29 is 4.79 Å². The lowest BCUT2D eigenvalue weighted by Gasteiger charge is -2.11. The molecule has 1 aromatic carbocycles. The Morgan fingerprint density at radius 1 is 1.44 bits per heavy atom. The summed E-state index contributed by atoms with van der Waals surface area (Å²) >= 11 is 4.89. The Kier molecular flexibility index (Phi) is 4.02. The van der Waals surface area contributed by atoms with E-state index in [0.29, 0.717) is 5.13 Å². The van der Waals surface area contributed by atoms with Gasteiger partial charge in [-0.2, -0.15) is 0 Å². The van der Waals surface area contributed by atoms with Gasteiger partial charge in [-0.3, -0.25) is 4.79 Å². The van der Waals surface area contributed by atoms with Crippen LogP contribution in [-0.2, 0) is 4.79 Å². The second kappa shape index (κ2) is 5.36. The minimum atomic E-state index is -0.189. The minimum Gasteiger partial charge on any atom is -0.301 e. The van der Waals surface area contributed by atoms with Gasteiger partial charge in [0.05, 0.1) is 15.0 Å². The van der Waals surface area contributed by atoms with Crippen LogP contribution < -0.4 is 5.32 Å². The number of benzene rings is 1. The monoisotopic (exact) mass is 326 g/mol. The molecule has 1 amide bonds. The zero-order chi connectivity index (χ0) is 13.3. The first-order chi connectivity index (χ1) is 8.47. The molecule has 0 bridgehead atoms. The lowest BCUT2D eigenvalue weighted by Crippen LogP contribution is -2.26. The summed E-state index contributed by atoms with van der Waals surface area (Å²) in [5.41, 5.74) is 2.13. The molecule has 0 aliphatic rings. The summed E-state index contributed by atoms with van der Waals surface area (Å²) in [5.74, 6) is 0.211. The van der Waals surface area contributed by atoms with Crippen LogP contribution in [0.5, 0.6) is 0 Å². The summed E-state index contributed by atoms with van der Waals surface area (Å²) in [6.45, 7) is 6.05. The highest BCUT2D eigenvalue weighted by atomic mass is 79.9. The number of alkyl halides is 1. The van der Waals surface area contributed by atoms with E-state index < -0.39 is 0 Å². The molecular formula is C13H15BrN2OS. The van der Waals surface area contributed by atoms with Gasteiger partial charge in [0.25, 0.3) is 0 Å². The average molecular weight is 327 g/mol. The highest BCUT2D eigenvalue weighted by Crippen LogP contribution is 2.27. The molecule has 0 saturated heterocycles. The third-order valence-electron chi connectivity index (χ3n) is 2.61. The molecule has 5 heteroatoms. The Morgan fingerprint density at radius 3 is 2.83 bits per heavy atom. The van der Waals surface area contributed by atoms with E-state index in [2.05, 4.69) is 32.3 Å². The van der Waals surface area contributed by atoms with Crippen LogP contribution in [0.2, 0.25) is 0 Å². The number of hydrogen-bond acceptors (Lipinski definition) is 3. The fraction of sp³-hybridized carbons (Fsp3) is 0.385. The van der Waals surface area contributed by atoms with Gasteiger partial charge in [0, 0.05) is 0 Å². The number of nitrogens with one attached hydrogen (secondary N) is 1. The molecule has 1 atom stereocenters. The first-order valence-electron chi connectivity index (χ1n) is 5.79. The lowest BCUT2D eigenvalue weighted by molar-refractivity contribution is -0.116. The largest absolute Gasteiger partial charge is 0.301 e. The quantitative estimate of drug-likeness (QED) is 0.867. The van der Waals surface area contributed by atoms with Crippen molar-refractivity contribution in [2.24, 2.45) is 5.92 Å². The summed E-state index contributed by atoms with van der Waals surface area (Å²) in [6.07, 6.45) is 0. The molecule has 0 spiro atoms. The Hall–Kier alpha value is -0.940. The topological polar surface area (TPSA) is 42.0 Å². The fourth-order valence-electron chi connectivity index (χ4n) is 1.56. The summed E-state index contributed by atoms with van der Waals surface area (Å²) in [5, 5.41) is 3.51. The number of fused-ring (bicyclic) bond motifs is 1. The number of carbonyl (C=O) groups is 1. The maximum atomic E-state index is 11.9. The molecule has 3 nitrogen and oxygen atoms in total. The van der Waals surface area contributed by atoms with E-state index in [4.69, 9.17) is 0 Å². The smallest absolute Gasteiger partial charge is 0.240 e. The summed E-state index contributed by atoms with van der Waals surface area (Å²) in [7, 11) is 0. The number of thiazole rings is 1. The van der Waals surface area contributed by atoms with Crippen molar-refractivity contribution in [3.8, 4) is 0 Å². The number of amides is 1. The van der Waals surface area contributed by atoms with Crippen molar-refractivity contribution in [1.82, 2.24) is 4.98 Å². The Labute approximate surface area is 119 Å². The van der Waals surface area contributed by atoms with Gasteiger partial charge in [-0.25, -0.2) is 4.98 Å². The Morgan fingerprint density at radius 2 is 2.17 bits per heavy atom. The predicted molar refractivity (Wildman–Crippen MR) is 80.5 cm³/mol. The molecule has 0 radical (unpaired) electrons. The maximum absolute atomic E-state index is 11.9. The molecular weight excluding hydrogens is 312 g/mol. The number of aromatic nitrogens is 1. The Bertz CT molecular complexity index is 579. The molecule has 0 aliphatic carbocycles. The summed E-state index contributed by atoms with van der Waals surface area (Å²) in [6, 6.07) is 6.08. The fourth-order valence-corrected chi connectivity index (χ4v) is 2.64. The first kappa shape index (κ1) is 13.5. The maximum Gasteiger partial charge on any atom is 0.240 e. The average Bonchev–Trinajstić information content (AvgIpc) is 2.68. The molecule has 0 unspecified atom stereocenters. The predicted octanol–water partition coefficient (Wildman–Crippen LogP) is 3.96. The van der Waals surface area contributed by atoms with Crippen LogP contribution in [0.15, 0.2) is 18.2 Å². The van der Waals surface area contributed by atoms with Gasteiger partial charge in [-0.1, -0.05) is 47.2 Å². The first-order valence-corrected chi connectivity index (χ1v) is 7.52. The van der Waals surface area contributed by atoms with Gasteiger partial charge in [-0.05, 0) is 30.5 Å². The third kappa shape index (κ3) is 2.90. The van der Waals surface area contributed by atoms with Gasteiger partial charge in [0.2, 0.25) is 5.91 Å². The minimum absolute atomic E-state index is 0.0409. The van der Waals surface area contributed by atoms with Crippen molar-refractivity contribution in [1.29, 1.82) is 0 Å². The van der Waals surface area contributed by atoms with E-state index >= 15 is 0 Å². The van der Waals surface area contributed by atoms with Crippen LogP contribution in [0.25, 0.3) is 10.2 Å². The van der Waals surface area contributed by atoms with E-state index in [9.17, 15) is 4.79 Å². The number of nitrogens with zero attached hydrogens (tertiary/aromatic N) is 1. The second-order valence-electron chi connectivity index (χ2n) is 4.63. The highest BCUT2D eigenvalue weighted by molar-refractivity contribution is 9.10. The number of carbonyl (C=O) groups excluding carboxylic acids is 1. The number of aryl methyl sites for hydroxylation is 1. The van der Waals surface area contributed by atoms with Crippen molar-refractivity contribution in [2.75, 3.05) is 5.32 Å². The standard InChI is InChI=1S/C13H15BrN2OS/c1-7(2)11(14)12(17)16-13-15-9-5-4-8(3)6-10(9)18-13/h4-7,11H,1-3H3,(H,15,16,17)/t11-/m0/s1. The van der Waals surface area contributed by atoms with E-state index in [0.717, 1.165) is 10.2 Å². The van der Waals surface area contributed by atoms with Gasteiger partial charge in [0.15, 0.2) is 5.13 Å². The van der Waals surface area contributed by atoms with Crippen molar-refractivity contribution in [3.63, 3.8) is 0 Å². The SMILES string of the molecule is Cc1ccc2nc(NC(=O)[C@@H](Br)C(C)C)sc2c1. The molecule has 2 aromatic rings. The number of halogens is 1. The van der Waals surface area contributed by atoms with Gasteiger partial charge >= 0.3 is 0 Å². The highest BCUT2D eigenvalue weighted by Gasteiger charge is 2.19. The summed E-state index contributed by atoms with van der Waals surface area (Å²) < 4.78 is 1.10. The van der Waals surface area contributed by atoms with Crippen molar-refractivity contribution >= 4 is 48.5 Å². The van der Waals surface area contributed by atoms with Crippen LogP contribution >= 0.6 is 27.3 Å². The molecule has 2 rings (SSSR count). The molecule has 18 heavy (non-hydrogen) atoms. The lowest BCUT2D eigenvalue weighted by atomic mass is 10.1. The molecule has 0 aliphatic heterocycles. The third-order valence-corrected chi connectivity index (χ3v) is 5.02.